The van der Waals surface area contributed by atoms with Crippen LogP contribution in [0.4, 0.5) is 0 Å². The van der Waals surface area contributed by atoms with Crippen molar-refractivity contribution in [2.75, 3.05) is 18.1 Å². The van der Waals surface area contributed by atoms with E-state index in [1.54, 1.807) is 24.0 Å². The van der Waals surface area contributed by atoms with Gasteiger partial charge in [-0.15, -0.1) is 0 Å². The minimum Gasteiger partial charge on any atom is -0.456 e. The molecule has 1 aromatic rings. The number of carbonyl (C=O) groups excluding carboxylic acids is 1. The van der Waals surface area contributed by atoms with Crippen molar-refractivity contribution in [3.05, 3.63) is 23.7 Å². The third-order valence-electron chi connectivity index (χ3n) is 3.20. The lowest BCUT2D eigenvalue weighted by atomic mass is 10.2. The van der Waals surface area contributed by atoms with E-state index in [0.717, 1.165) is 0 Å². The van der Waals surface area contributed by atoms with Crippen molar-refractivity contribution in [3.63, 3.8) is 0 Å². The summed E-state index contributed by atoms with van der Waals surface area (Å²) in [5, 5.41) is 0. The zero-order valence-electron chi connectivity index (χ0n) is 10.5. The first kappa shape index (κ1) is 13.1. The summed E-state index contributed by atoms with van der Waals surface area (Å²) in [5.41, 5.74) is 0. The van der Waals surface area contributed by atoms with Gasteiger partial charge < -0.3 is 9.32 Å². The Hall–Kier alpha value is -1.30. The SMILES string of the molecule is CCN(C(=O)c1ccc(C)o1)C1CCS(=O)(=O)C1. The average Bonchev–Trinajstić information content (AvgIpc) is 2.86. The zero-order chi connectivity index (χ0) is 13.3. The van der Waals surface area contributed by atoms with Crippen LogP contribution >= 0.6 is 0 Å². The fourth-order valence-corrected chi connectivity index (χ4v) is 4.01. The van der Waals surface area contributed by atoms with Crippen molar-refractivity contribution in [2.24, 2.45) is 0 Å². The molecular weight excluding hydrogens is 254 g/mol. The monoisotopic (exact) mass is 271 g/mol. The smallest absolute Gasteiger partial charge is 0.289 e. The second kappa shape index (κ2) is 4.76. The number of carbonyl (C=O) groups is 1. The van der Waals surface area contributed by atoms with Crippen LogP contribution in [0, 0.1) is 6.92 Å². The Morgan fingerprint density at radius 1 is 1.50 bits per heavy atom. The van der Waals surface area contributed by atoms with E-state index in [1.165, 1.54) is 0 Å². The quantitative estimate of drug-likeness (QED) is 0.829. The van der Waals surface area contributed by atoms with Gasteiger partial charge in [-0.1, -0.05) is 0 Å². The maximum absolute atomic E-state index is 12.2. The van der Waals surface area contributed by atoms with Gasteiger partial charge >= 0.3 is 0 Å². The van der Waals surface area contributed by atoms with Crippen LogP contribution in [0.25, 0.3) is 0 Å². The molecule has 18 heavy (non-hydrogen) atoms. The summed E-state index contributed by atoms with van der Waals surface area (Å²) in [4.78, 5) is 13.8. The molecule has 5 nitrogen and oxygen atoms in total. The van der Waals surface area contributed by atoms with Gasteiger partial charge in [-0.25, -0.2) is 8.42 Å². The molecule has 2 heterocycles. The first-order chi connectivity index (χ1) is 8.43. The highest BCUT2D eigenvalue weighted by Gasteiger charge is 2.34. The lowest BCUT2D eigenvalue weighted by molar-refractivity contribution is 0.0674. The van der Waals surface area contributed by atoms with E-state index < -0.39 is 9.84 Å². The molecule has 1 saturated heterocycles. The Morgan fingerprint density at radius 2 is 2.22 bits per heavy atom. The number of furan rings is 1. The van der Waals surface area contributed by atoms with Gasteiger partial charge in [0.25, 0.3) is 5.91 Å². The minimum atomic E-state index is -2.99. The van der Waals surface area contributed by atoms with Gasteiger partial charge in [0.05, 0.1) is 11.5 Å². The molecule has 0 spiro atoms. The molecule has 0 saturated carbocycles. The van der Waals surface area contributed by atoms with Crippen LogP contribution in [0.5, 0.6) is 0 Å². The molecular formula is C12H17NO4S. The largest absolute Gasteiger partial charge is 0.456 e. The van der Waals surface area contributed by atoms with Crippen LogP contribution in [-0.4, -0.2) is 43.3 Å². The summed E-state index contributed by atoms with van der Waals surface area (Å²) >= 11 is 0. The molecule has 1 aliphatic rings. The topological polar surface area (TPSA) is 67.6 Å². The molecule has 0 bridgehead atoms. The van der Waals surface area contributed by atoms with Gasteiger partial charge in [-0.05, 0) is 32.4 Å². The second-order valence-electron chi connectivity index (χ2n) is 4.56. The molecule has 100 valence electrons. The first-order valence-corrected chi connectivity index (χ1v) is 7.83. The molecule has 2 rings (SSSR count). The number of aryl methyl sites for hydroxylation is 1. The van der Waals surface area contributed by atoms with Crippen molar-refractivity contribution in [2.45, 2.75) is 26.3 Å². The van der Waals surface area contributed by atoms with Gasteiger partial charge in [0, 0.05) is 12.6 Å². The number of rotatable bonds is 3. The van der Waals surface area contributed by atoms with Gasteiger partial charge in [0.2, 0.25) is 0 Å². The number of hydrogen-bond donors (Lipinski definition) is 0. The van der Waals surface area contributed by atoms with Crippen molar-refractivity contribution in [1.82, 2.24) is 4.90 Å². The van der Waals surface area contributed by atoms with Crippen molar-refractivity contribution >= 4 is 15.7 Å². The lowest BCUT2D eigenvalue weighted by Crippen LogP contribution is -2.40. The van der Waals surface area contributed by atoms with E-state index in [9.17, 15) is 13.2 Å². The van der Waals surface area contributed by atoms with Crippen LogP contribution in [0.3, 0.4) is 0 Å². The number of hydrogen-bond acceptors (Lipinski definition) is 4. The maximum atomic E-state index is 12.2. The van der Waals surface area contributed by atoms with Gasteiger partial charge in [0.1, 0.15) is 5.76 Å². The van der Waals surface area contributed by atoms with Crippen molar-refractivity contribution < 1.29 is 17.6 Å². The third kappa shape index (κ3) is 2.58. The van der Waals surface area contributed by atoms with E-state index in [4.69, 9.17) is 4.42 Å². The standard InChI is InChI=1S/C12H17NO4S/c1-3-13(10-6-7-18(15,16)8-10)12(14)11-5-4-9(2)17-11/h4-5,10H,3,6-8H2,1-2H3. The fraction of sp³-hybridized carbons (Fsp3) is 0.583. The van der Waals surface area contributed by atoms with Gasteiger partial charge in [-0.2, -0.15) is 0 Å². The molecule has 1 aliphatic heterocycles. The van der Waals surface area contributed by atoms with E-state index in [1.807, 2.05) is 6.92 Å². The zero-order valence-corrected chi connectivity index (χ0v) is 11.4. The average molecular weight is 271 g/mol. The molecule has 0 aromatic carbocycles. The molecule has 1 amide bonds. The normalized spacial score (nSPS) is 22.0. The summed E-state index contributed by atoms with van der Waals surface area (Å²) in [6, 6.07) is 3.13. The highest BCUT2D eigenvalue weighted by atomic mass is 32.2. The summed E-state index contributed by atoms with van der Waals surface area (Å²) in [5.74, 6) is 0.949. The van der Waals surface area contributed by atoms with Crippen LogP contribution in [0.1, 0.15) is 29.7 Å². The van der Waals surface area contributed by atoms with Gasteiger partial charge in [-0.3, -0.25) is 4.79 Å². The first-order valence-electron chi connectivity index (χ1n) is 6.01. The molecule has 6 heteroatoms. The Labute approximate surface area is 107 Å². The lowest BCUT2D eigenvalue weighted by Gasteiger charge is -2.25. The molecule has 1 aromatic heterocycles. The van der Waals surface area contributed by atoms with Crippen LogP contribution in [0.15, 0.2) is 16.5 Å². The molecule has 1 fully saturated rings. The maximum Gasteiger partial charge on any atom is 0.289 e. The minimum absolute atomic E-state index is 0.0618. The Kier molecular flexibility index (Phi) is 3.47. The summed E-state index contributed by atoms with van der Waals surface area (Å²) in [7, 11) is -2.99. The van der Waals surface area contributed by atoms with Crippen LogP contribution in [-0.2, 0) is 9.84 Å². The number of sulfone groups is 1. The van der Waals surface area contributed by atoms with E-state index in [-0.39, 0.29) is 29.2 Å². The summed E-state index contributed by atoms with van der Waals surface area (Å²) < 4.78 is 28.2. The number of amides is 1. The molecule has 0 N–H and O–H groups in total. The van der Waals surface area contributed by atoms with Crippen LogP contribution in [0.2, 0.25) is 0 Å². The highest BCUT2D eigenvalue weighted by Crippen LogP contribution is 2.20. The predicted molar refractivity (Wildman–Crippen MR) is 67.2 cm³/mol. The Morgan fingerprint density at radius 3 is 2.67 bits per heavy atom. The molecule has 0 aliphatic carbocycles. The van der Waals surface area contributed by atoms with E-state index in [2.05, 4.69) is 0 Å². The van der Waals surface area contributed by atoms with Gasteiger partial charge in [0.15, 0.2) is 15.6 Å². The predicted octanol–water partition coefficient (Wildman–Crippen LogP) is 1.24. The van der Waals surface area contributed by atoms with E-state index >= 15 is 0 Å². The molecule has 1 atom stereocenters. The number of nitrogens with zero attached hydrogens (tertiary/aromatic N) is 1. The molecule has 0 radical (unpaired) electrons. The Bertz CT molecular complexity index is 546. The third-order valence-corrected chi connectivity index (χ3v) is 4.95. The summed E-state index contributed by atoms with van der Waals surface area (Å²) in [6.45, 7) is 4.10. The highest BCUT2D eigenvalue weighted by molar-refractivity contribution is 7.91. The summed E-state index contributed by atoms with van der Waals surface area (Å²) in [6.07, 6.45) is 0.515. The van der Waals surface area contributed by atoms with Crippen molar-refractivity contribution in [1.29, 1.82) is 0 Å². The Balaban J connectivity index is 2.17. The van der Waals surface area contributed by atoms with Crippen molar-refractivity contribution in [3.8, 4) is 0 Å². The molecule has 1 unspecified atom stereocenters. The second-order valence-corrected chi connectivity index (χ2v) is 6.79. The fourth-order valence-electron chi connectivity index (χ4n) is 2.28. The van der Waals surface area contributed by atoms with E-state index in [0.29, 0.717) is 18.7 Å². The van der Waals surface area contributed by atoms with Crippen LogP contribution < -0.4 is 0 Å².